The summed E-state index contributed by atoms with van der Waals surface area (Å²) < 4.78 is 37.5. The predicted molar refractivity (Wildman–Crippen MR) is 77.2 cm³/mol. The molecule has 3 nitrogen and oxygen atoms in total. The third-order valence-corrected chi connectivity index (χ3v) is 6.53. The summed E-state index contributed by atoms with van der Waals surface area (Å²) in [5, 5.41) is -0.468. The fourth-order valence-corrected chi connectivity index (χ4v) is 5.02. The lowest BCUT2D eigenvalue weighted by atomic mass is 10.0. The minimum absolute atomic E-state index is 0.235. The molecule has 6 heteroatoms. The molecule has 1 fully saturated rings. The van der Waals surface area contributed by atoms with Crippen LogP contribution in [0.15, 0.2) is 22.7 Å². The van der Waals surface area contributed by atoms with Gasteiger partial charge in [0.1, 0.15) is 5.82 Å². The zero-order valence-electron chi connectivity index (χ0n) is 10.5. The Kier molecular flexibility index (Phi) is 4.63. The van der Waals surface area contributed by atoms with Crippen molar-refractivity contribution in [3.8, 4) is 0 Å². The summed E-state index contributed by atoms with van der Waals surface area (Å²) in [7, 11) is -3.07. The molecule has 106 valence electrons. The molecular formula is C13H17BrFNO2S. The number of benzene rings is 1. The minimum atomic E-state index is -3.07. The summed E-state index contributed by atoms with van der Waals surface area (Å²) >= 11 is 3.12. The van der Waals surface area contributed by atoms with Gasteiger partial charge in [0, 0.05) is 6.04 Å². The van der Waals surface area contributed by atoms with Crippen molar-refractivity contribution in [3.05, 3.63) is 34.1 Å². The van der Waals surface area contributed by atoms with Gasteiger partial charge in [-0.05, 0) is 52.9 Å². The first-order chi connectivity index (χ1) is 8.90. The monoisotopic (exact) mass is 349 g/mol. The average molecular weight is 350 g/mol. The van der Waals surface area contributed by atoms with E-state index in [-0.39, 0.29) is 11.6 Å². The summed E-state index contributed by atoms with van der Waals surface area (Å²) in [5.74, 6) is -0.0963. The van der Waals surface area contributed by atoms with E-state index in [0.29, 0.717) is 17.3 Å². The van der Waals surface area contributed by atoms with Crippen LogP contribution in [0.5, 0.6) is 0 Å². The third kappa shape index (κ3) is 3.55. The van der Waals surface area contributed by atoms with E-state index in [9.17, 15) is 12.8 Å². The first-order valence-electron chi connectivity index (χ1n) is 6.31. The van der Waals surface area contributed by atoms with Gasteiger partial charge < -0.3 is 5.73 Å². The van der Waals surface area contributed by atoms with E-state index in [2.05, 4.69) is 15.9 Å². The fourth-order valence-electron chi connectivity index (χ4n) is 2.53. The molecule has 0 amide bonds. The number of hydrogen-bond acceptors (Lipinski definition) is 3. The lowest BCUT2D eigenvalue weighted by Gasteiger charge is -2.27. The van der Waals surface area contributed by atoms with Gasteiger partial charge >= 0.3 is 0 Å². The van der Waals surface area contributed by atoms with Gasteiger partial charge in [0.25, 0.3) is 0 Å². The van der Waals surface area contributed by atoms with Gasteiger partial charge in [-0.2, -0.15) is 0 Å². The number of hydrogen-bond donors (Lipinski definition) is 1. The highest BCUT2D eigenvalue weighted by molar-refractivity contribution is 9.10. The highest BCUT2D eigenvalue weighted by Crippen LogP contribution is 2.24. The molecule has 1 heterocycles. The minimum Gasteiger partial charge on any atom is -0.326 e. The number of rotatable bonds is 3. The molecule has 1 saturated heterocycles. The molecule has 0 aromatic heterocycles. The molecule has 2 atom stereocenters. The van der Waals surface area contributed by atoms with E-state index in [4.69, 9.17) is 5.73 Å². The Morgan fingerprint density at radius 2 is 2.16 bits per heavy atom. The predicted octanol–water partition coefficient (Wildman–Crippen LogP) is 2.43. The summed E-state index contributed by atoms with van der Waals surface area (Å²) in [6, 6.07) is 4.24. The second-order valence-electron chi connectivity index (χ2n) is 5.02. The van der Waals surface area contributed by atoms with Crippen molar-refractivity contribution in [3.63, 3.8) is 0 Å². The molecule has 1 aromatic carbocycles. The van der Waals surface area contributed by atoms with E-state index in [1.807, 2.05) is 0 Å². The van der Waals surface area contributed by atoms with E-state index < -0.39 is 21.1 Å². The zero-order valence-corrected chi connectivity index (χ0v) is 12.9. The molecule has 0 spiro atoms. The molecule has 0 aliphatic carbocycles. The van der Waals surface area contributed by atoms with E-state index >= 15 is 0 Å². The normalized spacial score (nSPS) is 24.1. The molecule has 2 N–H and O–H groups in total. The first-order valence-corrected chi connectivity index (χ1v) is 8.82. The van der Waals surface area contributed by atoms with Gasteiger partial charge in [0.05, 0.1) is 15.5 Å². The van der Waals surface area contributed by atoms with Crippen LogP contribution in [0.3, 0.4) is 0 Å². The number of sulfone groups is 1. The Morgan fingerprint density at radius 3 is 2.79 bits per heavy atom. The average Bonchev–Trinajstić information content (AvgIpc) is 2.33. The summed E-state index contributed by atoms with van der Waals surface area (Å²) in [5.41, 5.74) is 6.90. The second-order valence-corrected chi connectivity index (χ2v) is 8.21. The quantitative estimate of drug-likeness (QED) is 0.911. The van der Waals surface area contributed by atoms with Crippen molar-refractivity contribution in [2.45, 2.75) is 37.0 Å². The second kappa shape index (κ2) is 5.89. The molecule has 0 radical (unpaired) electrons. The summed E-state index contributed by atoms with van der Waals surface area (Å²) in [6.07, 6.45) is 2.72. The molecule has 1 aromatic rings. The standard InChI is InChI=1S/C13H17BrFNO2S/c14-10-7-9(4-5-11(10)15)8-12(16)13-3-1-2-6-19(13,17)18/h4-5,7,12-13H,1-3,6,8,16H2. The van der Waals surface area contributed by atoms with Crippen LogP contribution >= 0.6 is 15.9 Å². The molecule has 2 unspecified atom stereocenters. The lowest BCUT2D eigenvalue weighted by molar-refractivity contribution is 0.495. The summed E-state index contributed by atoms with van der Waals surface area (Å²) in [6.45, 7) is 0. The molecule has 19 heavy (non-hydrogen) atoms. The Hall–Kier alpha value is -0.460. The topological polar surface area (TPSA) is 60.2 Å². The zero-order chi connectivity index (χ0) is 14.0. The Labute approximate surface area is 121 Å². The van der Waals surface area contributed by atoms with E-state index in [0.717, 1.165) is 18.4 Å². The molecular weight excluding hydrogens is 333 g/mol. The van der Waals surface area contributed by atoms with Crippen LogP contribution in [-0.4, -0.2) is 25.5 Å². The number of halogens is 2. The van der Waals surface area contributed by atoms with Gasteiger partial charge in [-0.25, -0.2) is 12.8 Å². The fraction of sp³-hybridized carbons (Fsp3) is 0.538. The molecule has 1 aliphatic heterocycles. The molecule has 0 saturated carbocycles. The maximum atomic E-state index is 13.1. The van der Waals surface area contributed by atoms with Gasteiger partial charge in [0.15, 0.2) is 9.84 Å². The van der Waals surface area contributed by atoms with Crippen LogP contribution in [0.4, 0.5) is 4.39 Å². The van der Waals surface area contributed by atoms with Crippen LogP contribution in [-0.2, 0) is 16.3 Å². The smallest absolute Gasteiger partial charge is 0.154 e. The van der Waals surface area contributed by atoms with Crippen molar-refractivity contribution in [1.82, 2.24) is 0 Å². The van der Waals surface area contributed by atoms with Gasteiger partial charge in [0.2, 0.25) is 0 Å². The Bertz CT molecular complexity index is 562. The van der Waals surface area contributed by atoms with Crippen molar-refractivity contribution < 1.29 is 12.8 Å². The summed E-state index contributed by atoms with van der Waals surface area (Å²) in [4.78, 5) is 0. The van der Waals surface area contributed by atoms with Gasteiger partial charge in [-0.3, -0.25) is 0 Å². The molecule has 2 rings (SSSR count). The van der Waals surface area contributed by atoms with Crippen LogP contribution < -0.4 is 5.73 Å². The first kappa shape index (κ1) is 14.9. The van der Waals surface area contributed by atoms with Crippen LogP contribution in [0.1, 0.15) is 24.8 Å². The molecule has 1 aliphatic rings. The van der Waals surface area contributed by atoms with Crippen molar-refractivity contribution in [2.24, 2.45) is 5.73 Å². The highest BCUT2D eigenvalue weighted by Gasteiger charge is 2.33. The van der Waals surface area contributed by atoms with Crippen LogP contribution in [0.2, 0.25) is 0 Å². The van der Waals surface area contributed by atoms with Gasteiger partial charge in [-0.15, -0.1) is 0 Å². The maximum absolute atomic E-state index is 13.1. The van der Waals surface area contributed by atoms with Crippen LogP contribution in [0, 0.1) is 5.82 Å². The van der Waals surface area contributed by atoms with Crippen molar-refractivity contribution in [1.29, 1.82) is 0 Å². The highest BCUT2D eigenvalue weighted by atomic mass is 79.9. The largest absolute Gasteiger partial charge is 0.326 e. The molecule has 0 bridgehead atoms. The Balaban J connectivity index is 2.11. The third-order valence-electron chi connectivity index (χ3n) is 3.56. The Morgan fingerprint density at radius 1 is 1.42 bits per heavy atom. The van der Waals surface area contributed by atoms with Crippen molar-refractivity contribution in [2.75, 3.05) is 5.75 Å². The maximum Gasteiger partial charge on any atom is 0.154 e. The lowest BCUT2D eigenvalue weighted by Crippen LogP contribution is -2.44. The SMILES string of the molecule is NC(Cc1ccc(F)c(Br)c1)C1CCCCS1(=O)=O. The van der Waals surface area contributed by atoms with Gasteiger partial charge in [-0.1, -0.05) is 12.5 Å². The number of nitrogens with two attached hydrogens (primary N) is 1. The van der Waals surface area contributed by atoms with E-state index in [1.54, 1.807) is 12.1 Å². The van der Waals surface area contributed by atoms with E-state index in [1.165, 1.54) is 6.07 Å². The van der Waals surface area contributed by atoms with Crippen LogP contribution in [0.25, 0.3) is 0 Å². The van der Waals surface area contributed by atoms with Crippen molar-refractivity contribution >= 4 is 25.8 Å².